The van der Waals surface area contributed by atoms with Crippen LogP contribution in [0.2, 0.25) is 0 Å². The summed E-state index contributed by atoms with van der Waals surface area (Å²) in [5.74, 6) is 1.68. The lowest BCUT2D eigenvalue weighted by molar-refractivity contribution is -0.133. The van der Waals surface area contributed by atoms with E-state index in [4.69, 9.17) is 5.73 Å². The van der Waals surface area contributed by atoms with Gasteiger partial charge in [0, 0.05) is 19.0 Å². The highest BCUT2D eigenvalue weighted by Crippen LogP contribution is 2.60. The predicted molar refractivity (Wildman–Crippen MR) is 85.0 cm³/mol. The van der Waals surface area contributed by atoms with E-state index in [0.29, 0.717) is 24.3 Å². The lowest BCUT2D eigenvalue weighted by Crippen LogP contribution is -2.35. The molecule has 2 aliphatic carbocycles. The number of nitrogens with zero attached hydrogens (tertiary/aromatic N) is 1. The molecule has 1 aromatic carbocycles. The Hall–Kier alpha value is -1.35. The van der Waals surface area contributed by atoms with Crippen LogP contribution >= 0.6 is 0 Å². The summed E-state index contributed by atoms with van der Waals surface area (Å²) in [7, 11) is 0. The van der Waals surface area contributed by atoms with Gasteiger partial charge in [-0.2, -0.15) is 0 Å². The minimum atomic E-state index is 0.234. The molecule has 1 fully saturated rings. The Balaban J connectivity index is 1.72. The molecule has 2 aliphatic rings. The largest absolute Gasteiger partial charge is 0.342 e. The number of aryl methyl sites for hydroxylation is 1. The van der Waals surface area contributed by atoms with Crippen LogP contribution in [0, 0.1) is 11.8 Å². The number of carbonyl (C=O) groups is 1. The van der Waals surface area contributed by atoms with Gasteiger partial charge >= 0.3 is 0 Å². The SMILES string of the molecule is CCCN(CCCN)C(=O)C1C2CCc3ccccc3C21. The summed E-state index contributed by atoms with van der Waals surface area (Å²) in [5, 5.41) is 0. The number of benzene rings is 1. The van der Waals surface area contributed by atoms with Crippen LogP contribution in [-0.4, -0.2) is 30.4 Å². The van der Waals surface area contributed by atoms with E-state index in [1.165, 1.54) is 17.5 Å². The van der Waals surface area contributed by atoms with E-state index in [1.54, 1.807) is 0 Å². The van der Waals surface area contributed by atoms with E-state index in [1.807, 2.05) is 0 Å². The molecule has 3 unspecified atom stereocenters. The molecule has 2 N–H and O–H groups in total. The molecule has 0 aliphatic heterocycles. The van der Waals surface area contributed by atoms with Gasteiger partial charge in [0.2, 0.25) is 5.91 Å². The van der Waals surface area contributed by atoms with Gasteiger partial charge in [-0.25, -0.2) is 0 Å². The lowest BCUT2D eigenvalue weighted by Gasteiger charge is -2.22. The number of carbonyl (C=O) groups excluding carboxylic acids is 1. The Kier molecular flexibility index (Phi) is 4.29. The van der Waals surface area contributed by atoms with Gasteiger partial charge in [0.05, 0.1) is 0 Å². The maximum absolute atomic E-state index is 12.9. The second kappa shape index (κ2) is 6.18. The molecule has 0 heterocycles. The highest BCUT2D eigenvalue weighted by atomic mass is 16.2. The van der Waals surface area contributed by atoms with Crippen molar-refractivity contribution in [3.8, 4) is 0 Å². The number of hydrogen-bond acceptors (Lipinski definition) is 2. The first kappa shape index (κ1) is 14.6. The number of nitrogens with two attached hydrogens (primary N) is 1. The zero-order valence-electron chi connectivity index (χ0n) is 12.9. The minimum Gasteiger partial charge on any atom is -0.342 e. The average molecular weight is 286 g/mol. The van der Waals surface area contributed by atoms with Gasteiger partial charge in [0.1, 0.15) is 0 Å². The Morgan fingerprint density at radius 2 is 2.14 bits per heavy atom. The molecule has 0 aromatic heterocycles. The van der Waals surface area contributed by atoms with Crippen molar-refractivity contribution in [2.45, 2.75) is 38.5 Å². The molecule has 0 spiro atoms. The molecule has 3 nitrogen and oxygen atoms in total. The summed E-state index contributed by atoms with van der Waals surface area (Å²) in [6, 6.07) is 8.68. The summed E-state index contributed by atoms with van der Waals surface area (Å²) in [6.45, 7) is 4.49. The van der Waals surface area contributed by atoms with Crippen LogP contribution < -0.4 is 5.73 Å². The van der Waals surface area contributed by atoms with Crippen molar-refractivity contribution in [2.24, 2.45) is 17.6 Å². The lowest BCUT2D eigenvalue weighted by atomic mass is 9.92. The van der Waals surface area contributed by atoms with E-state index < -0.39 is 0 Å². The van der Waals surface area contributed by atoms with Gasteiger partial charge in [0.25, 0.3) is 0 Å². The highest BCUT2D eigenvalue weighted by molar-refractivity contribution is 5.84. The average Bonchev–Trinajstić information content (AvgIpc) is 3.25. The summed E-state index contributed by atoms with van der Waals surface area (Å²) < 4.78 is 0. The fourth-order valence-corrected chi connectivity index (χ4v) is 4.00. The van der Waals surface area contributed by atoms with Gasteiger partial charge in [-0.3, -0.25) is 4.79 Å². The van der Waals surface area contributed by atoms with Crippen molar-refractivity contribution in [3.63, 3.8) is 0 Å². The first-order valence-corrected chi connectivity index (χ1v) is 8.34. The zero-order chi connectivity index (χ0) is 14.8. The summed E-state index contributed by atoms with van der Waals surface area (Å²) >= 11 is 0. The Bertz CT molecular complexity index is 514. The minimum absolute atomic E-state index is 0.234. The molecular formula is C18H26N2O. The molecule has 3 rings (SSSR count). The van der Waals surface area contributed by atoms with Crippen molar-refractivity contribution in [1.82, 2.24) is 4.90 Å². The Morgan fingerprint density at radius 3 is 2.90 bits per heavy atom. The number of amides is 1. The second-order valence-corrected chi connectivity index (χ2v) is 6.42. The Labute approximate surface area is 127 Å². The number of fused-ring (bicyclic) bond motifs is 3. The number of rotatable bonds is 6. The molecule has 0 bridgehead atoms. The van der Waals surface area contributed by atoms with Gasteiger partial charge in [-0.15, -0.1) is 0 Å². The van der Waals surface area contributed by atoms with E-state index in [-0.39, 0.29) is 5.92 Å². The van der Waals surface area contributed by atoms with Crippen LogP contribution in [-0.2, 0) is 11.2 Å². The first-order chi connectivity index (χ1) is 10.3. The molecule has 1 amide bonds. The van der Waals surface area contributed by atoms with Crippen LogP contribution in [0.5, 0.6) is 0 Å². The molecule has 114 valence electrons. The fourth-order valence-electron chi connectivity index (χ4n) is 4.00. The zero-order valence-corrected chi connectivity index (χ0v) is 12.9. The predicted octanol–water partition coefficient (Wildman–Crippen LogP) is 2.55. The normalized spacial score (nSPS) is 25.9. The van der Waals surface area contributed by atoms with Crippen molar-refractivity contribution < 1.29 is 4.79 Å². The summed E-state index contributed by atoms with van der Waals surface area (Å²) in [6.07, 6.45) is 4.24. The van der Waals surface area contributed by atoms with Gasteiger partial charge in [-0.05, 0) is 55.2 Å². The van der Waals surface area contributed by atoms with E-state index in [2.05, 4.69) is 36.1 Å². The standard InChI is InChI=1S/C18H26N2O/c1-2-11-20(12-5-10-19)18(21)17-15-9-8-13-6-3-4-7-14(13)16(15)17/h3-4,6-7,15-17H,2,5,8-12,19H2,1H3. The topological polar surface area (TPSA) is 46.3 Å². The molecule has 3 atom stereocenters. The quantitative estimate of drug-likeness (QED) is 0.873. The van der Waals surface area contributed by atoms with E-state index >= 15 is 0 Å². The van der Waals surface area contributed by atoms with E-state index in [0.717, 1.165) is 32.4 Å². The van der Waals surface area contributed by atoms with Crippen LogP contribution in [0.1, 0.15) is 43.2 Å². The molecule has 1 saturated carbocycles. The first-order valence-electron chi connectivity index (χ1n) is 8.34. The molecule has 21 heavy (non-hydrogen) atoms. The maximum atomic E-state index is 12.9. The van der Waals surface area contributed by atoms with E-state index in [9.17, 15) is 4.79 Å². The van der Waals surface area contributed by atoms with Crippen molar-refractivity contribution in [3.05, 3.63) is 35.4 Å². The van der Waals surface area contributed by atoms with Crippen LogP contribution in [0.4, 0.5) is 0 Å². The van der Waals surface area contributed by atoms with Crippen molar-refractivity contribution in [1.29, 1.82) is 0 Å². The van der Waals surface area contributed by atoms with Crippen LogP contribution in [0.3, 0.4) is 0 Å². The smallest absolute Gasteiger partial charge is 0.226 e. The molecule has 0 saturated heterocycles. The number of hydrogen-bond donors (Lipinski definition) is 1. The molecule has 3 heteroatoms. The molecular weight excluding hydrogens is 260 g/mol. The highest BCUT2D eigenvalue weighted by Gasteiger charge is 2.57. The van der Waals surface area contributed by atoms with Crippen LogP contribution in [0.15, 0.2) is 24.3 Å². The van der Waals surface area contributed by atoms with Gasteiger partial charge in [0.15, 0.2) is 0 Å². The van der Waals surface area contributed by atoms with Gasteiger partial charge in [-0.1, -0.05) is 31.2 Å². The second-order valence-electron chi connectivity index (χ2n) is 6.42. The van der Waals surface area contributed by atoms with Crippen molar-refractivity contribution in [2.75, 3.05) is 19.6 Å². The third-order valence-electron chi connectivity index (χ3n) is 5.05. The third kappa shape index (κ3) is 2.71. The van der Waals surface area contributed by atoms with Gasteiger partial charge < -0.3 is 10.6 Å². The third-order valence-corrected chi connectivity index (χ3v) is 5.05. The monoisotopic (exact) mass is 286 g/mol. The van der Waals surface area contributed by atoms with Crippen LogP contribution in [0.25, 0.3) is 0 Å². The molecule has 1 aromatic rings. The fraction of sp³-hybridized carbons (Fsp3) is 0.611. The maximum Gasteiger partial charge on any atom is 0.226 e. The van der Waals surface area contributed by atoms with Crippen molar-refractivity contribution >= 4 is 5.91 Å². The summed E-state index contributed by atoms with van der Waals surface area (Å²) in [4.78, 5) is 14.9. The Morgan fingerprint density at radius 1 is 1.33 bits per heavy atom. The molecule has 0 radical (unpaired) electrons. The summed E-state index contributed by atoms with van der Waals surface area (Å²) in [5.41, 5.74) is 8.50.